The summed E-state index contributed by atoms with van der Waals surface area (Å²) in [6.07, 6.45) is 0. The highest BCUT2D eigenvalue weighted by molar-refractivity contribution is 9.11. The molecule has 0 radical (unpaired) electrons. The number of nitrogens with two attached hydrogens (primary N) is 1. The molecule has 3 rings (SSSR count). The van der Waals surface area contributed by atoms with Crippen LogP contribution in [0.5, 0.6) is 0 Å². The second-order valence-electron chi connectivity index (χ2n) is 4.79. The van der Waals surface area contributed by atoms with Crippen LogP contribution in [0.1, 0.15) is 17.2 Å². The Kier molecular flexibility index (Phi) is 3.92. The Morgan fingerprint density at radius 2 is 1.35 bits per heavy atom. The summed E-state index contributed by atoms with van der Waals surface area (Å²) in [5.74, 6) is 0. The number of benzene rings is 3. The third kappa shape index (κ3) is 2.80. The average Bonchev–Trinajstić information content (AvgIpc) is 2.45. The Morgan fingerprint density at radius 3 is 2.05 bits per heavy atom. The first kappa shape index (κ1) is 13.8. The highest BCUT2D eigenvalue weighted by Crippen LogP contribution is 2.28. The van der Waals surface area contributed by atoms with Gasteiger partial charge in [-0.2, -0.15) is 0 Å². The van der Waals surface area contributed by atoms with Gasteiger partial charge in [0.1, 0.15) is 0 Å². The van der Waals surface area contributed by atoms with E-state index in [0.717, 1.165) is 20.1 Å². The molecule has 0 saturated heterocycles. The van der Waals surface area contributed by atoms with Crippen molar-refractivity contribution in [2.75, 3.05) is 0 Å². The van der Waals surface area contributed by atoms with Gasteiger partial charge in [0, 0.05) is 8.95 Å². The molecule has 1 atom stereocenters. The summed E-state index contributed by atoms with van der Waals surface area (Å²) in [4.78, 5) is 0. The number of rotatable bonds is 2. The van der Waals surface area contributed by atoms with Crippen molar-refractivity contribution >= 4 is 42.6 Å². The third-order valence-electron chi connectivity index (χ3n) is 3.38. The molecule has 0 aliphatic rings. The van der Waals surface area contributed by atoms with Crippen molar-refractivity contribution in [3.63, 3.8) is 0 Å². The fraction of sp³-hybridized carbons (Fsp3) is 0.0588. The average molecular weight is 391 g/mol. The third-order valence-corrected chi connectivity index (χ3v) is 4.29. The van der Waals surface area contributed by atoms with Crippen molar-refractivity contribution in [1.29, 1.82) is 0 Å². The van der Waals surface area contributed by atoms with E-state index in [-0.39, 0.29) is 6.04 Å². The maximum Gasteiger partial charge on any atom is 0.0552 e. The van der Waals surface area contributed by atoms with Crippen LogP contribution in [-0.4, -0.2) is 0 Å². The molecular weight excluding hydrogens is 378 g/mol. The molecule has 0 amide bonds. The van der Waals surface area contributed by atoms with Gasteiger partial charge >= 0.3 is 0 Å². The molecule has 20 heavy (non-hydrogen) atoms. The molecule has 0 aromatic heterocycles. The molecule has 0 heterocycles. The molecule has 1 nitrogen and oxygen atoms in total. The Hall–Kier alpha value is -1.16. The predicted octanol–water partition coefficient (Wildman–Crippen LogP) is 5.41. The number of fused-ring (bicyclic) bond motifs is 1. The van der Waals surface area contributed by atoms with Gasteiger partial charge in [-0.1, -0.05) is 68.3 Å². The van der Waals surface area contributed by atoms with Gasteiger partial charge < -0.3 is 5.73 Å². The lowest BCUT2D eigenvalue weighted by Crippen LogP contribution is -2.11. The van der Waals surface area contributed by atoms with Crippen molar-refractivity contribution in [1.82, 2.24) is 0 Å². The van der Waals surface area contributed by atoms with Crippen LogP contribution < -0.4 is 5.73 Å². The standard InChI is InChI=1S/C17H13Br2N/c18-15-8-14(9-16(19)10-15)17(20)13-6-5-11-3-1-2-4-12(11)7-13/h1-10,17H,20H2. The fourth-order valence-electron chi connectivity index (χ4n) is 2.35. The second kappa shape index (κ2) is 5.68. The molecule has 0 saturated carbocycles. The number of hydrogen-bond acceptors (Lipinski definition) is 1. The molecule has 100 valence electrons. The largest absolute Gasteiger partial charge is 0.320 e. The Balaban J connectivity index is 2.05. The first-order chi connectivity index (χ1) is 9.63. The van der Waals surface area contributed by atoms with Gasteiger partial charge in [-0.05, 0) is 46.2 Å². The molecule has 0 aliphatic carbocycles. The van der Waals surface area contributed by atoms with Gasteiger partial charge in [0.05, 0.1) is 6.04 Å². The fourth-order valence-corrected chi connectivity index (χ4v) is 3.68. The minimum absolute atomic E-state index is 0.131. The van der Waals surface area contributed by atoms with E-state index in [2.05, 4.69) is 74.3 Å². The van der Waals surface area contributed by atoms with Gasteiger partial charge in [-0.15, -0.1) is 0 Å². The minimum Gasteiger partial charge on any atom is -0.320 e. The van der Waals surface area contributed by atoms with E-state index in [1.165, 1.54) is 10.8 Å². The highest BCUT2D eigenvalue weighted by Gasteiger charge is 2.11. The normalized spacial score (nSPS) is 12.6. The zero-order valence-electron chi connectivity index (χ0n) is 10.7. The summed E-state index contributed by atoms with van der Waals surface area (Å²) < 4.78 is 2.05. The van der Waals surface area contributed by atoms with E-state index in [4.69, 9.17) is 5.73 Å². The monoisotopic (exact) mass is 389 g/mol. The van der Waals surface area contributed by atoms with Gasteiger partial charge in [0.2, 0.25) is 0 Å². The molecule has 2 N–H and O–H groups in total. The first-order valence-electron chi connectivity index (χ1n) is 6.34. The van der Waals surface area contributed by atoms with Gasteiger partial charge in [-0.25, -0.2) is 0 Å². The van der Waals surface area contributed by atoms with Crippen LogP contribution in [-0.2, 0) is 0 Å². The van der Waals surface area contributed by atoms with E-state index in [1.807, 2.05) is 18.2 Å². The highest BCUT2D eigenvalue weighted by atomic mass is 79.9. The van der Waals surface area contributed by atoms with Crippen molar-refractivity contribution < 1.29 is 0 Å². The molecule has 3 aromatic rings. The van der Waals surface area contributed by atoms with Crippen molar-refractivity contribution in [2.45, 2.75) is 6.04 Å². The quantitative estimate of drug-likeness (QED) is 0.621. The molecule has 3 heteroatoms. The maximum absolute atomic E-state index is 6.40. The van der Waals surface area contributed by atoms with Gasteiger partial charge in [0.15, 0.2) is 0 Å². The first-order valence-corrected chi connectivity index (χ1v) is 7.92. The Labute approximate surface area is 135 Å². The Bertz CT molecular complexity index is 748. The zero-order valence-corrected chi connectivity index (χ0v) is 13.9. The molecule has 1 unspecified atom stereocenters. The summed E-state index contributed by atoms with van der Waals surface area (Å²) >= 11 is 7.02. The summed E-state index contributed by atoms with van der Waals surface area (Å²) in [5, 5.41) is 2.45. The van der Waals surface area contributed by atoms with E-state index < -0.39 is 0 Å². The van der Waals surface area contributed by atoms with E-state index in [9.17, 15) is 0 Å². The number of hydrogen-bond donors (Lipinski definition) is 1. The molecular formula is C17H13Br2N. The van der Waals surface area contributed by atoms with E-state index >= 15 is 0 Å². The van der Waals surface area contributed by atoms with E-state index in [1.54, 1.807) is 0 Å². The molecule has 0 aliphatic heterocycles. The predicted molar refractivity (Wildman–Crippen MR) is 91.8 cm³/mol. The van der Waals surface area contributed by atoms with Crippen molar-refractivity contribution in [3.05, 3.63) is 80.7 Å². The summed E-state index contributed by atoms with van der Waals surface area (Å²) in [7, 11) is 0. The van der Waals surface area contributed by atoms with Crippen LogP contribution in [0.4, 0.5) is 0 Å². The summed E-state index contributed by atoms with van der Waals surface area (Å²) in [5.41, 5.74) is 8.61. The van der Waals surface area contributed by atoms with E-state index in [0.29, 0.717) is 0 Å². The maximum atomic E-state index is 6.40. The zero-order chi connectivity index (χ0) is 14.1. The van der Waals surface area contributed by atoms with Crippen LogP contribution in [0.25, 0.3) is 10.8 Å². The lowest BCUT2D eigenvalue weighted by Gasteiger charge is -2.14. The van der Waals surface area contributed by atoms with Crippen molar-refractivity contribution in [3.8, 4) is 0 Å². The number of halogens is 2. The molecule has 0 spiro atoms. The SMILES string of the molecule is NC(c1cc(Br)cc(Br)c1)c1ccc2ccccc2c1. The van der Waals surface area contributed by atoms with Gasteiger partial charge in [0.25, 0.3) is 0 Å². The van der Waals surface area contributed by atoms with Gasteiger partial charge in [-0.3, -0.25) is 0 Å². The Morgan fingerprint density at radius 1 is 0.700 bits per heavy atom. The second-order valence-corrected chi connectivity index (χ2v) is 6.62. The minimum atomic E-state index is -0.131. The topological polar surface area (TPSA) is 26.0 Å². The summed E-state index contributed by atoms with van der Waals surface area (Å²) in [6.45, 7) is 0. The molecule has 0 fully saturated rings. The summed E-state index contributed by atoms with van der Waals surface area (Å²) in [6, 6.07) is 20.7. The van der Waals surface area contributed by atoms with Crippen LogP contribution in [0.3, 0.4) is 0 Å². The van der Waals surface area contributed by atoms with Crippen LogP contribution in [0, 0.1) is 0 Å². The van der Waals surface area contributed by atoms with Crippen LogP contribution in [0.15, 0.2) is 69.6 Å². The molecule has 3 aromatic carbocycles. The molecule has 0 bridgehead atoms. The van der Waals surface area contributed by atoms with Crippen LogP contribution >= 0.6 is 31.9 Å². The van der Waals surface area contributed by atoms with Crippen molar-refractivity contribution in [2.24, 2.45) is 5.73 Å². The lowest BCUT2D eigenvalue weighted by atomic mass is 9.97. The lowest BCUT2D eigenvalue weighted by molar-refractivity contribution is 0.871. The smallest absolute Gasteiger partial charge is 0.0552 e. The van der Waals surface area contributed by atoms with Crippen LogP contribution in [0.2, 0.25) is 0 Å².